The van der Waals surface area contributed by atoms with Gasteiger partial charge in [0, 0.05) is 17.0 Å². The van der Waals surface area contributed by atoms with Gasteiger partial charge in [-0.3, -0.25) is 4.79 Å². The van der Waals surface area contributed by atoms with E-state index in [1.165, 1.54) is 0 Å². The summed E-state index contributed by atoms with van der Waals surface area (Å²) in [6.07, 6.45) is 0.804. The third-order valence-electron chi connectivity index (χ3n) is 1.86. The summed E-state index contributed by atoms with van der Waals surface area (Å²) < 4.78 is 10.2. The molecule has 0 fully saturated rings. The van der Waals surface area contributed by atoms with Crippen LogP contribution in [0.2, 0.25) is 0 Å². The fourth-order valence-corrected chi connectivity index (χ4v) is 1.21. The Morgan fingerprint density at radius 3 is 2.92 bits per heavy atom. The van der Waals surface area contributed by atoms with E-state index < -0.39 is 0 Å². The molecule has 0 aliphatic heterocycles. The number of carbonyl (C=O) groups is 1. The third-order valence-corrected chi connectivity index (χ3v) is 1.86. The number of fused-ring (bicyclic) bond motifs is 1. The van der Waals surface area contributed by atoms with Crippen LogP contribution in [-0.2, 0) is 0 Å². The Bertz CT molecular complexity index is 442. The molecule has 0 atom stereocenters. The SMILES string of the molecule is COc1cc2cc(C=O)ccc2o1. The highest BCUT2D eigenvalue weighted by atomic mass is 16.6. The Hall–Kier alpha value is -1.77. The second kappa shape index (κ2) is 2.94. The van der Waals surface area contributed by atoms with Gasteiger partial charge in [-0.25, -0.2) is 0 Å². The van der Waals surface area contributed by atoms with Crippen molar-refractivity contribution in [2.45, 2.75) is 0 Å². The van der Waals surface area contributed by atoms with Crippen LogP contribution < -0.4 is 4.74 Å². The summed E-state index contributed by atoms with van der Waals surface area (Å²) in [4.78, 5) is 10.5. The number of hydrogen-bond acceptors (Lipinski definition) is 3. The number of hydrogen-bond donors (Lipinski definition) is 0. The fraction of sp³-hybridized carbons (Fsp3) is 0.100. The Labute approximate surface area is 74.9 Å². The second-order valence-corrected chi connectivity index (χ2v) is 2.68. The van der Waals surface area contributed by atoms with Crippen LogP contribution in [0.25, 0.3) is 11.0 Å². The molecule has 13 heavy (non-hydrogen) atoms. The first kappa shape index (κ1) is 7.86. The fourth-order valence-electron chi connectivity index (χ4n) is 1.21. The molecule has 66 valence electrons. The molecule has 2 rings (SSSR count). The molecule has 0 aliphatic carbocycles. The standard InChI is InChI=1S/C10H8O3/c1-12-10-5-8-4-7(6-11)2-3-9(8)13-10/h2-6H,1H3. The van der Waals surface area contributed by atoms with Gasteiger partial charge in [0.15, 0.2) is 0 Å². The molecule has 3 heteroatoms. The normalized spacial score (nSPS) is 10.2. The van der Waals surface area contributed by atoms with E-state index in [0.717, 1.165) is 17.3 Å². The van der Waals surface area contributed by atoms with Gasteiger partial charge in [0.1, 0.15) is 11.9 Å². The van der Waals surface area contributed by atoms with Gasteiger partial charge in [-0.05, 0) is 18.2 Å². The first-order valence-corrected chi connectivity index (χ1v) is 3.86. The van der Waals surface area contributed by atoms with E-state index in [1.807, 2.05) is 0 Å². The smallest absolute Gasteiger partial charge is 0.285 e. The van der Waals surface area contributed by atoms with Gasteiger partial charge in [0.2, 0.25) is 0 Å². The second-order valence-electron chi connectivity index (χ2n) is 2.68. The quantitative estimate of drug-likeness (QED) is 0.659. The van der Waals surface area contributed by atoms with Gasteiger partial charge in [-0.2, -0.15) is 0 Å². The molecular weight excluding hydrogens is 168 g/mol. The van der Waals surface area contributed by atoms with Gasteiger partial charge in [-0.15, -0.1) is 0 Å². The van der Waals surface area contributed by atoms with E-state index in [1.54, 1.807) is 31.4 Å². The van der Waals surface area contributed by atoms with Crippen LogP contribution in [0, 0.1) is 0 Å². The monoisotopic (exact) mass is 176 g/mol. The first-order chi connectivity index (χ1) is 6.33. The summed E-state index contributed by atoms with van der Waals surface area (Å²) in [6.45, 7) is 0. The topological polar surface area (TPSA) is 39.4 Å². The number of furan rings is 1. The highest BCUT2D eigenvalue weighted by Crippen LogP contribution is 2.24. The summed E-state index contributed by atoms with van der Waals surface area (Å²) in [5.41, 5.74) is 1.36. The van der Waals surface area contributed by atoms with Crippen LogP contribution in [0.4, 0.5) is 0 Å². The molecule has 2 aromatic rings. The van der Waals surface area contributed by atoms with Crippen molar-refractivity contribution in [1.82, 2.24) is 0 Å². The highest BCUT2D eigenvalue weighted by Gasteiger charge is 2.03. The van der Waals surface area contributed by atoms with Crippen LogP contribution in [0.5, 0.6) is 5.95 Å². The average Bonchev–Trinajstić information content (AvgIpc) is 2.58. The summed E-state index contributed by atoms with van der Waals surface area (Å²) >= 11 is 0. The number of methoxy groups -OCH3 is 1. The van der Waals surface area contributed by atoms with Crippen molar-refractivity contribution >= 4 is 17.3 Å². The van der Waals surface area contributed by atoms with Crippen molar-refractivity contribution in [3.8, 4) is 5.95 Å². The molecule has 3 nitrogen and oxygen atoms in total. The van der Waals surface area contributed by atoms with E-state index >= 15 is 0 Å². The van der Waals surface area contributed by atoms with Gasteiger partial charge in [0.05, 0.1) is 7.11 Å². The Morgan fingerprint density at radius 2 is 2.23 bits per heavy atom. The lowest BCUT2D eigenvalue weighted by atomic mass is 10.2. The van der Waals surface area contributed by atoms with Crippen molar-refractivity contribution in [1.29, 1.82) is 0 Å². The predicted octanol–water partition coefficient (Wildman–Crippen LogP) is 2.25. The predicted molar refractivity (Wildman–Crippen MR) is 48.2 cm³/mol. The molecule has 0 saturated heterocycles. The zero-order valence-corrected chi connectivity index (χ0v) is 7.11. The summed E-state index contributed by atoms with van der Waals surface area (Å²) in [6, 6.07) is 6.97. The lowest BCUT2D eigenvalue weighted by Gasteiger charge is -1.88. The van der Waals surface area contributed by atoms with Crippen molar-refractivity contribution in [3.63, 3.8) is 0 Å². The van der Waals surface area contributed by atoms with E-state index in [0.29, 0.717) is 11.5 Å². The number of aldehydes is 1. The van der Waals surface area contributed by atoms with E-state index in [4.69, 9.17) is 9.15 Å². The summed E-state index contributed by atoms with van der Waals surface area (Å²) in [5.74, 6) is 0.457. The van der Waals surface area contributed by atoms with E-state index in [-0.39, 0.29) is 0 Å². The zero-order valence-electron chi connectivity index (χ0n) is 7.11. The molecule has 0 unspecified atom stereocenters. The highest BCUT2D eigenvalue weighted by molar-refractivity contribution is 5.86. The van der Waals surface area contributed by atoms with Crippen LogP contribution >= 0.6 is 0 Å². The number of carbonyl (C=O) groups excluding carboxylic acids is 1. The van der Waals surface area contributed by atoms with Crippen LogP contribution in [-0.4, -0.2) is 13.4 Å². The van der Waals surface area contributed by atoms with Crippen LogP contribution in [0.15, 0.2) is 28.7 Å². The number of rotatable bonds is 2. The molecule has 0 N–H and O–H groups in total. The van der Waals surface area contributed by atoms with E-state index in [9.17, 15) is 4.79 Å². The van der Waals surface area contributed by atoms with Crippen LogP contribution in [0.1, 0.15) is 10.4 Å². The van der Waals surface area contributed by atoms with Gasteiger partial charge in [-0.1, -0.05) is 0 Å². The molecular formula is C10H8O3. The molecule has 0 bridgehead atoms. The molecule has 0 radical (unpaired) electrons. The van der Waals surface area contributed by atoms with Crippen molar-refractivity contribution in [2.24, 2.45) is 0 Å². The first-order valence-electron chi connectivity index (χ1n) is 3.86. The van der Waals surface area contributed by atoms with Crippen molar-refractivity contribution in [2.75, 3.05) is 7.11 Å². The maximum Gasteiger partial charge on any atom is 0.285 e. The molecule has 0 aliphatic rings. The molecule has 1 aromatic heterocycles. The average molecular weight is 176 g/mol. The van der Waals surface area contributed by atoms with Crippen molar-refractivity contribution in [3.05, 3.63) is 29.8 Å². The Kier molecular flexibility index (Phi) is 1.77. The zero-order chi connectivity index (χ0) is 9.26. The Morgan fingerprint density at radius 1 is 1.38 bits per heavy atom. The molecule has 0 spiro atoms. The summed E-state index contributed by atoms with van der Waals surface area (Å²) in [5, 5.41) is 0.876. The minimum Gasteiger partial charge on any atom is -0.468 e. The molecule has 0 saturated carbocycles. The van der Waals surface area contributed by atoms with Gasteiger partial charge >= 0.3 is 0 Å². The lowest BCUT2D eigenvalue weighted by Crippen LogP contribution is -1.76. The van der Waals surface area contributed by atoms with E-state index in [2.05, 4.69) is 0 Å². The Balaban J connectivity index is 2.63. The lowest BCUT2D eigenvalue weighted by molar-refractivity contribution is 0.112. The maximum atomic E-state index is 10.5. The minimum absolute atomic E-state index is 0.457. The van der Waals surface area contributed by atoms with Crippen LogP contribution in [0.3, 0.4) is 0 Å². The number of ether oxygens (including phenoxy) is 1. The number of benzene rings is 1. The minimum atomic E-state index is 0.457. The van der Waals surface area contributed by atoms with Gasteiger partial charge in [0.25, 0.3) is 5.95 Å². The largest absolute Gasteiger partial charge is 0.468 e. The molecule has 1 heterocycles. The maximum absolute atomic E-state index is 10.5. The van der Waals surface area contributed by atoms with Gasteiger partial charge < -0.3 is 9.15 Å². The summed E-state index contributed by atoms with van der Waals surface area (Å²) in [7, 11) is 1.54. The molecule has 1 aromatic carbocycles. The molecule has 0 amide bonds. The third kappa shape index (κ3) is 1.28. The van der Waals surface area contributed by atoms with Crippen molar-refractivity contribution < 1.29 is 13.9 Å².